The maximum atomic E-state index is 12.7. The molecular weight excluding hydrogens is 296 g/mol. The van der Waals surface area contributed by atoms with Crippen LogP contribution in [0.2, 0.25) is 0 Å². The van der Waals surface area contributed by atoms with E-state index in [-0.39, 0.29) is 28.6 Å². The molecular formula is C13H20N2O5S. The summed E-state index contributed by atoms with van der Waals surface area (Å²) in [5.41, 5.74) is 0.447. The van der Waals surface area contributed by atoms with Crippen LogP contribution in [-0.4, -0.2) is 53.1 Å². The number of carboxylic acid groups (broad SMARTS) is 1. The largest absolute Gasteiger partial charge is 0.477 e. The van der Waals surface area contributed by atoms with Crippen molar-refractivity contribution in [2.24, 2.45) is 5.92 Å². The number of nitrogens with one attached hydrogen (secondary N) is 1. The Morgan fingerprint density at radius 1 is 1.43 bits per heavy atom. The number of hydrogen-bond donors (Lipinski definition) is 3. The maximum absolute atomic E-state index is 12.7. The first kappa shape index (κ1) is 16.0. The number of H-pyrrole nitrogens is 1. The molecule has 3 N–H and O–H groups in total. The minimum absolute atomic E-state index is 0.0335. The average Bonchev–Trinajstić information content (AvgIpc) is 2.94. The summed E-state index contributed by atoms with van der Waals surface area (Å²) in [5, 5.41) is 18.7. The topological polar surface area (TPSA) is 111 Å². The highest BCUT2D eigenvalue weighted by atomic mass is 32.2. The Bertz CT molecular complexity index is 662. The molecule has 0 radical (unpaired) electrons. The second-order valence-electron chi connectivity index (χ2n) is 5.54. The van der Waals surface area contributed by atoms with Crippen molar-refractivity contribution in [2.45, 2.75) is 38.2 Å². The number of nitrogens with zero attached hydrogens (tertiary/aromatic N) is 1. The van der Waals surface area contributed by atoms with Crippen LogP contribution < -0.4 is 0 Å². The van der Waals surface area contributed by atoms with Gasteiger partial charge in [0, 0.05) is 24.3 Å². The van der Waals surface area contributed by atoms with Crippen molar-refractivity contribution in [1.82, 2.24) is 9.29 Å². The Balaban J connectivity index is 2.40. The van der Waals surface area contributed by atoms with Gasteiger partial charge >= 0.3 is 5.97 Å². The summed E-state index contributed by atoms with van der Waals surface area (Å²) in [6.07, 6.45) is 0.0405. The van der Waals surface area contributed by atoms with Crippen LogP contribution in [0.3, 0.4) is 0 Å². The van der Waals surface area contributed by atoms with Gasteiger partial charge in [-0.3, -0.25) is 0 Å². The molecule has 118 valence electrons. The Morgan fingerprint density at radius 2 is 2.05 bits per heavy atom. The predicted molar refractivity (Wildman–Crippen MR) is 75.8 cm³/mol. The van der Waals surface area contributed by atoms with Crippen molar-refractivity contribution in [3.63, 3.8) is 0 Å². The molecule has 0 aliphatic carbocycles. The molecule has 1 aliphatic rings. The fraction of sp³-hybridized carbons (Fsp3) is 0.615. The standard InChI is InChI=1S/C13H20N2O5S/c1-7-11(13(17)18)14-8(2)12(7)21(19,20)15-5-4-10(6-15)9(3)16/h9-10,14,16H,4-6H2,1-3H3,(H,17,18). The molecule has 1 aromatic rings. The van der Waals surface area contributed by atoms with E-state index < -0.39 is 22.1 Å². The molecule has 0 spiro atoms. The summed E-state index contributed by atoms with van der Waals surface area (Å²) in [7, 11) is -3.75. The predicted octanol–water partition coefficient (Wildman–Crippen LogP) is 0.721. The number of aromatic carboxylic acids is 1. The molecule has 7 nitrogen and oxygen atoms in total. The van der Waals surface area contributed by atoms with Gasteiger partial charge in [-0.2, -0.15) is 4.31 Å². The van der Waals surface area contributed by atoms with Crippen molar-refractivity contribution in [3.8, 4) is 0 Å². The third-order valence-corrected chi connectivity index (χ3v) is 6.19. The molecule has 2 atom stereocenters. The summed E-state index contributed by atoms with van der Waals surface area (Å²) in [4.78, 5) is 13.8. The number of rotatable bonds is 4. The number of sulfonamides is 1. The van der Waals surface area contributed by atoms with Crippen LogP contribution in [0.4, 0.5) is 0 Å². The average molecular weight is 316 g/mol. The first-order valence-electron chi connectivity index (χ1n) is 6.77. The van der Waals surface area contributed by atoms with Crippen molar-refractivity contribution in [3.05, 3.63) is 17.0 Å². The zero-order valence-electron chi connectivity index (χ0n) is 12.3. The number of carbonyl (C=O) groups is 1. The van der Waals surface area contributed by atoms with Gasteiger partial charge < -0.3 is 15.2 Å². The number of aromatic nitrogens is 1. The van der Waals surface area contributed by atoms with Crippen LogP contribution in [0.15, 0.2) is 4.90 Å². The molecule has 0 saturated carbocycles. The quantitative estimate of drug-likeness (QED) is 0.758. The van der Waals surface area contributed by atoms with E-state index in [0.717, 1.165) is 0 Å². The summed E-state index contributed by atoms with van der Waals surface area (Å²) < 4.78 is 26.7. The third-order valence-electron chi connectivity index (χ3n) is 4.05. The SMILES string of the molecule is Cc1[nH]c(C(=O)O)c(C)c1S(=O)(=O)N1CCC(C(C)O)C1. The molecule has 1 aliphatic heterocycles. The molecule has 1 fully saturated rings. The van der Waals surface area contributed by atoms with E-state index in [1.807, 2.05) is 0 Å². The Hall–Kier alpha value is -1.38. The van der Waals surface area contributed by atoms with Gasteiger partial charge in [0.1, 0.15) is 10.6 Å². The van der Waals surface area contributed by atoms with Crippen LogP contribution in [0, 0.1) is 19.8 Å². The lowest BCUT2D eigenvalue weighted by atomic mass is 10.0. The van der Waals surface area contributed by atoms with Gasteiger partial charge in [-0.15, -0.1) is 0 Å². The Morgan fingerprint density at radius 3 is 2.48 bits per heavy atom. The molecule has 0 aromatic carbocycles. The van der Waals surface area contributed by atoms with E-state index in [1.54, 1.807) is 13.8 Å². The Labute approximate surface area is 123 Å². The second-order valence-corrected chi connectivity index (χ2v) is 7.41. The molecule has 1 aromatic heterocycles. The normalized spacial score (nSPS) is 21.6. The maximum Gasteiger partial charge on any atom is 0.352 e. The summed E-state index contributed by atoms with van der Waals surface area (Å²) in [6.45, 7) is 5.28. The second kappa shape index (κ2) is 5.43. The Kier molecular flexibility index (Phi) is 4.14. The highest BCUT2D eigenvalue weighted by Gasteiger charge is 2.37. The number of carboxylic acids is 1. The smallest absolute Gasteiger partial charge is 0.352 e. The highest BCUT2D eigenvalue weighted by Crippen LogP contribution is 2.30. The lowest BCUT2D eigenvalue weighted by molar-refractivity contribution is 0.0690. The van der Waals surface area contributed by atoms with Gasteiger partial charge in [0.05, 0.1) is 6.10 Å². The van der Waals surface area contributed by atoms with Crippen LogP contribution in [0.5, 0.6) is 0 Å². The van der Waals surface area contributed by atoms with Gasteiger partial charge in [-0.05, 0) is 33.1 Å². The highest BCUT2D eigenvalue weighted by molar-refractivity contribution is 7.89. The fourth-order valence-corrected chi connectivity index (χ4v) is 4.75. The number of aliphatic hydroxyl groups is 1. The van der Waals surface area contributed by atoms with Gasteiger partial charge in [0.25, 0.3) is 0 Å². The lowest BCUT2D eigenvalue weighted by Gasteiger charge is -2.18. The number of hydrogen-bond acceptors (Lipinski definition) is 4. The minimum atomic E-state index is -3.75. The van der Waals surface area contributed by atoms with Crippen molar-refractivity contribution >= 4 is 16.0 Å². The lowest BCUT2D eigenvalue weighted by Crippen LogP contribution is -2.31. The molecule has 8 heteroatoms. The minimum Gasteiger partial charge on any atom is -0.477 e. The van der Waals surface area contributed by atoms with Crippen LogP contribution >= 0.6 is 0 Å². The van der Waals surface area contributed by atoms with E-state index in [4.69, 9.17) is 5.11 Å². The van der Waals surface area contributed by atoms with Gasteiger partial charge in [-0.1, -0.05) is 0 Å². The number of aromatic amines is 1. The molecule has 2 rings (SSSR count). The monoisotopic (exact) mass is 316 g/mol. The summed E-state index contributed by atoms with van der Waals surface area (Å²) in [6, 6.07) is 0. The van der Waals surface area contributed by atoms with Crippen LogP contribution in [-0.2, 0) is 10.0 Å². The van der Waals surface area contributed by atoms with Crippen molar-refractivity contribution in [1.29, 1.82) is 0 Å². The van der Waals surface area contributed by atoms with Gasteiger partial charge in [-0.25, -0.2) is 13.2 Å². The first-order chi connectivity index (χ1) is 9.66. The van der Waals surface area contributed by atoms with Crippen LogP contribution in [0.1, 0.15) is 35.1 Å². The zero-order chi connectivity index (χ0) is 15.9. The molecule has 0 amide bonds. The van der Waals surface area contributed by atoms with Crippen molar-refractivity contribution < 1.29 is 23.4 Å². The van der Waals surface area contributed by atoms with E-state index in [1.165, 1.54) is 11.2 Å². The molecule has 2 heterocycles. The van der Waals surface area contributed by atoms with E-state index in [9.17, 15) is 18.3 Å². The van der Waals surface area contributed by atoms with Gasteiger partial charge in [0.15, 0.2) is 0 Å². The summed E-state index contributed by atoms with van der Waals surface area (Å²) in [5.74, 6) is -1.27. The van der Waals surface area contributed by atoms with E-state index in [2.05, 4.69) is 4.98 Å². The number of aliphatic hydroxyl groups excluding tert-OH is 1. The first-order valence-corrected chi connectivity index (χ1v) is 8.21. The molecule has 1 saturated heterocycles. The zero-order valence-corrected chi connectivity index (χ0v) is 13.1. The molecule has 2 unspecified atom stereocenters. The fourth-order valence-electron chi connectivity index (χ4n) is 2.83. The third kappa shape index (κ3) is 2.70. The molecule has 0 bridgehead atoms. The molecule has 21 heavy (non-hydrogen) atoms. The van der Waals surface area contributed by atoms with Gasteiger partial charge in [0.2, 0.25) is 10.0 Å². The van der Waals surface area contributed by atoms with Crippen molar-refractivity contribution in [2.75, 3.05) is 13.1 Å². The number of aryl methyl sites for hydroxylation is 1. The van der Waals surface area contributed by atoms with E-state index in [0.29, 0.717) is 18.7 Å². The van der Waals surface area contributed by atoms with E-state index >= 15 is 0 Å². The summed E-state index contributed by atoms with van der Waals surface area (Å²) >= 11 is 0. The van der Waals surface area contributed by atoms with Crippen LogP contribution in [0.25, 0.3) is 0 Å².